The van der Waals surface area contributed by atoms with Gasteiger partial charge in [-0.1, -0.05) is 22.9 Å². The Morgan fingerprint density at radius 3 is 2.33 bits per heavy atom. The summed E-state index contributed by atoms with van der Waals surface area (Å²) in [6.07, 6.45) is 2.68. The van der Waals surface area contributed by atoms with E-state index in [-0.39, 0.29) is 5.91 Å². The Morgan fingerprint density at radius 1 is 1.07 bits per heavy atom. The first-order valence-electron chi connectivity index (χ1n) is 11.1. The molecule has 2 atom stereocenters. The SMILES string of the molecule is Cc1ccc(-n2nnc(C(=O)N3CCC(CN4CC(C)OC(C)C4)CC3)c2C)cc1. The molecule has 162 valence electrons. The van der Waals surface area contributed by atoms with Gasteiger partial charge in [0.25, 0.3) is 5.91 Å². The summed E-state index contributed by atoms with van der Waals surface area (Å²) < 4.78 is 7.59. The quantitative estimate of drug-likeness (QED) is 0.774. The Morgan fingerprint density at radius 2 is 1.70 bits per heavy atom. The molecule has 0 N–H and O–H groups in total. The second-order valence-corrected chi connectivity index (χ2v) is 8.98. The van der Waals surface area contributed by atoms with Gasteiger partial charge in [-0.3, -0.25) is 9.69 Å². The third kappa shape index (κ3) is 4.57. The van der Waals surface area contributed by atoms with Crippen LogP contribution in [0.15, 0.2) is 24.3 Å². The molecule has 1 amide bonds. The Labute approximate surface area is 179 Å². The molecule has 1 aromatic carbocycles. The molecule has 2 aromatic rings. The normalized spacial score (nSPS) is 23.7. The van der Waals surface area contributed by atoms with Gasteiger partial charge in [0, 0.05) is 32.7 Å². The van der Waals surface area contributed by atoms with Gasteiger partial charge in [-0.05, 0) is 58.6 Å². The number of aryl methyl sites for hydroxylation is 1. The number of rotatable bonds is 4. The van der Waals surface area contributed by atoms with Crippen molar-refractivity contribution in [3.8, 4) is 5.69 Å². The van der Waals surface area contributed by atoms with Crippen molar-refractivity contribution in [2.75, 3.05) is 32.7 Å². The van der Waals surface area contributed by atoms with Crippen molar-refractivity contribution in [3.05, 3.63) is 41.2 Å². The van der Waals surface area contributed by atoms with E-state index in [1.807, 2.05) is 36.1 Å². The molecule has 0 spiro atoms. The van der Waals surface area contributed by atoms with Crippen LogP contribution in [0.4, 0.5) is 0 Å². The molecule has 1 aromatic heterocycles. The number of hydrogen-bond donors (Lipinski definition) is 0. The summed E-state index contributed by atoms with van der Waals surface area (Å²) >= 11 is 0. The van der Waals surface area contributed by atoms with Crippen molar-refractivity contribution in [1.29, 1.82) is 0 Å². The van der Waals surface area contributed by atoms with Gasteiger partial charge in [-0.15, -0.1) is 5.10 Å². The zero-order valence-corrected chi connectivity index (χ0v) is 18.5. The first-order valence-corrected chi connectivity index (χ1v) is 11.1. The highest BCUT2D eigenvalue weighted by atomic mass is 16.5. The topological polar surface area (TPSA) is 63.5 Å². The summed E-state index contributed by atoms with van der Waals surface area (Å²) in [5.41, 5.74) is 3.38. The van der Waals surface area contributed by atoms with Crippen LogP contribution in [0.3, 0.4) is 0 Å². The van der Waals surface area contributed by atoms with Gasteiger partial charge >= 0.3 is 0 Å². The van der Waals surface area contributed by atoms with E-state index >= 15 is 0 Å². The second kappa shape index (κ2) is 8.86. The maximum atomic E-state index is 13.1. The van der Waals surface area contributed by atoms with Crippen LogP contribution in [-0.2, 0) is 4.74 Å². The standard InChI is InChI=1S/C23H33N5O2/c1-16-5-7-21(8-6-16)28-19(4)22(24-25-28)23(29)27-11-9-20(10-12-27)15-26-13-17(2)30-18(3)14-26/h5-8,17-18,20H,9-15H2,1-4H3. The lowest BCUT2D eigenvalue weighted by Gasteiger charge is -2.39. The Balaban J connectivity index is 1.35. The fraction of sp³-hybridized carbons (Fsp3) is 0.609. The molecule has 3 heterocycles. The van der Waals surface area contributed by atoms with Crippen LogP contribution < -0.4 is 0 Å². The van der Waals surface area contributed by atoms with Crippen molar-refractivity contribution >= 4 is 5.91 Å². The summed E-state index contributed by atoms with van der Waals surface area (Å²) in [6.45, 7) is 13.0. The highest BCUT2D eigenvalue weighted by Gasteiger charge is 2.30. The van der Waals surface area contributed by atoms with Gasteiger partial charge < -0.3 is 9.64 Å². The summed E-state index contributed by atoms with van der Waals surface area (Å²) in [6, 6.07) is 8.09. The van der Waals surface area contributed by atoms with Crippen molar-refractivity contribution in [2.24, 2.45) is 5.92 Å². The largest absolute Gasteiger partial charge is 0.373 e. The molecule has 7 nitrogen and oxygen atoms in total. The lowest BCUT2D eigenvalue weighted by molar-refractivity contribution is -0.0728. The first kappa shape index (κ1) is 21.0. The van der Waals surface area contributed by atoms with E-state index in [9.17, 15) is 4.79 Å². The monoisotopic (exact) mass is 411 g/mol. The highest BCUT2D eigenvalue weighted by Crippen LogP contribution is 2.23. The van der Waals surface area contributed by atoms with Crippen molar-refractivity contribution in [3.63, 3.8) is 0 Å². The fourth-order valence-corrected chi connectivity index (χ4v) is 4.72. The number of aromatic nitrogens is 3. The lowest BCUT2D eigenvalue weighted by atomic mass is 9.95. The first-order chi connectivity index (χ1) is 14.4. The molecule has 0 bridgehead atoms. The minimum atomic E-state index is -0.00192. The third-order valence-electron chi connectivity index (χ3n) is 6.29. The minimum absolute atomic E-state index is 0.00192. The minimum Gasteiger partial charge on any atom is -0.373 e. The van der Waals surface area contributed by atoms with E-state index in [0.717, 1.165) is 56.9 Å². The molecule has 7 heteroatoms. The number of carbonyl (C=O) groups is 1. The van der Waals surface area contributed by atoms with Crippen LogP contribution in [-0.4, -0.2) is 75.6 Å². The van der Waals surface area contributed by atoms with E-state index < -0.39 is 0 Å². The number of ether oxygens (including phenoxy) is 1. The van der Waals surface area contributed by atoms with Crippen LogP contribution >= 0.6 is 0 Å². The molecule has 2 saturated heterocycles. The summed E-state index contributed by atoms with van der Waals surface area (Å²) in [7, 11) is 0. The highest BCUT2D eigenvalue weighted by molar-refractivity contribution is 5.93. The van der Waals surface area contributed by atoms with Crippen molar-refractivity contribution in [2.45, 2.75) is 52.7 Å². The number of morpholine rings is 1. The van der Waals surface area contributed by atoms with Gasteiger partial charge in [0.15, 0.2) is 5.69 Å². The van der Waals surface area contributed by atoms with E-state index in [2.05, 4.69) is 36.0 Å². The zero-order chi connectivity index (χ0) is 21.3. The van der Waals surface area contributed by atoms with Crippen molar-refractivity contribution < 1.29 is 9.53 Å². The van der Waals surface area contributed by atoms with Gasteiger partial charge in [0.1, 0.15) is 0 Å². The van der Waals surface area contributed by atoms with Crippen LogP contribution in [0.1, 0.15) is 48.4 Å². The Bertz CT molecular complexity index is 860. The van der Waals surface area contributed by atoms with Crippen LogP contribution in [0.5, 0.6) is 0 Å². The zero-order valence-electron chi connectivity index (χ0n) is 18.5. The van der Waals surface area contributed by atoms with E-state index in [1.165, 1.54) is 5.56 Å². The molecular formula is C23H33N5O2. The number of amides is 1. The molecule has 30 heavy (non-hydrogen) atoms. The summed E-state index contributed by atoms with van der Waals surface area (Å²) in [5, 5.41) is 8.46. The number of nitrogens with zero attached hydrogens (tertiary/aromatic N) is 5. The van der Waals surface area contributed by atoms with Gasteiger partial charge in [-0.2, -0.15) is 0 Å². The smallest absolute Gasteiger partial charge is 0.276 e. The van der Waals surface area contributed by atoms with E-state index in [1.54, 1.807) is 4.68 Å². The molecule has 0 radical (unpaired) electrons. The van der Waals surface area contributed by atoms with Gasteiger partial charge in [0.2, 0.25) is 0 Å². The number of hydrogen-bond acceptors (Lipinski definition) is 5. The van der Waals surface area contributed by atoms with Gasteiger partial charge in [-0.25, -0.2) is 4.68 Å². The predicted molar refractivity (Wildman–Crippen MR) is 116 cm³/mol. The van der Waals surface area contributed by atoms with E-state index in [4.69, 9.17) is 4.74 Å². The van der Waals surface area contributed by atoms with Crippen LogP contribution in [0.2, 0.25) is 0 Å². The average Bonchev–Trinajstić information content (AvgIpc) is 3.09. The molecule has 2 aliphatic rings. The number of piperidine rings is 1. The van der Waals surface area contributed by atoms with Crippen LogP contribution in [0.25, 0.3) is 5.69 Å². The van der Waals surface area contributed by atoms with Crippen LogP contribution in [0, 0.1) is 19.8 Å². The molecular weight excluding hydrogens is 378 g/mol. The molecule has 2 unspecified atom stereocenters. The fourth-order valence-electron chi connectivity index (χ4n) is 4.72. The third-order valence-corrected chi connectivity index (χ3v) is 6.29. The maximum absolute atomic E-state index is 13.1. The Hall–Kier alpha value is -2.25. The van der Waals surface area contributed by atoms with Gasteiger partial charge in [0.05, 0.1) is 23.6 Å². The second-order valence-electron chi connectivity index (χ2n) is 8.98. The Kier molecular flexibility index (Phi) is 6.20. The maximum Gasteiger partial charge on any atom is 0.276 e. The summed E-state index contributed by atoms with van der Waals surface area (Å²) in [5.74, 6) is 0.633. The number of carbonyl (C=O) groups excluding carboxylic acids is 1. The average molecular weight is 412 g/mol. The molecule has 0 saturated carbocycles. The lowest BCUT2D eigenvalue weighted by Crippen LogP contribution is -2.48. The van der Waals surface area contributed by atoms with E-state index in [0.29, 0.717) is 23.8 Å². The predicted octanol–water partition coefficient (Wildman–Crippen LogP) is 2.85. The summed E-state index contributed by atoms with van der Waals surface area (Å²) in [4.78, 5) is 17.6. The number of likely N-dealkylation sites (tertiary alicyclic amines) is 1. The molecule has 2 aliphatic heterocycles. The number of benzene rings is 1. The molecule has 4 rings (SSSR count). The molecule has 2 fully saturated rings. The molecule has 0 aliphatic carbocycles. The van der Waals surface area contributed by atoms with Crippen molar-refractivity contribution in [1.82, 2.24) is 24.8 Å².